The second kappa shape index (κ2) is 8.64. The molecule has 2 aromatic carbocycles. The first-order chi connectivity index (χ1) is 15.6. The van der Waals surface area contributed by atoms with Crippen LogP contribution in [0.4, 0.5) is 10.8 Å². The Labute approximate surface area is 192 Å². The van der Waals surface area contributed by atoms with Crippen molar-refractivity contribution in [3.8, 4) is 11.3 Å². The molecule has 33 heavy (non-hydrogen) atoms. The third-order valence-corrected chi connectivity index (χ3v) is 6.13. The number of carbonyl (C=O) groups is 1. The average Bonchev–Trinajstić information content (AvgIpc) is 3.22. The molecule has 0 bridgehead atoms. The Kier molecular flexibility index (Phi) is 5.87. The molecule has 4 rings (SSSR count). The molecule has 3 N–H and O–H groups in total. The van der Waals surface area contributed by atoms with Gasteiger partial charge in [0.15, 0.2) is 5.13 Å². The van der Waals surface area contributed by atoms with E-state index >= 15 is 0 Å². The molecule has 0 aliphatic carbocycles. The molecule has 2 aromatic heterocycles. The molecular formula is C21H19N5O5S2. The van der Waals surface area contributed by atoms with Crippen molar-refractivity contribution in [1.29, 1.82) is 0 Å². The molecule has 0 spiro atoms. The number of aromatic amines is 1. The van der Waals surface area contributed by atoms with Crippen LogP contribution >= 0.6 is 11.3 Å². The summed E-state index contributed by atoms with van der Waals surface area (Å²) in [7, 11) is -3.36. The second-order valence-electron chi connectivity index (χ2n) is 7.18. The Bertz CT molecular complexity index is 1580. The predicted octanol–water partition coefficient (Wildman–Crippen LogP) is 2.46. The van der Waals surface area contributed by atoms with Gasteiger partial charge in [0.2, 0.25) is 10.0 Å². The van der Waals surface area contributed by atoms with E-state index in [4.69, 9.17) is 0 Å². The zero-order valence-electron chi connectivity index (χ0n) is 17.6. The van der Waals surface area contributed by atoms with Gasteiger partial charge in [0.25, 0.3) is 5.91 Å². The summed E-state index contributed by atoms with van der Waals surface area (Å²) in [4.78, 5) is 43.5. The Balaban J connectivity index is 1.54. The number of carbonyl (C=O) groups excluding carboxylic acids is 1. The summed E-state index contributed by atoms with van der Waals surface area (Å²) in [6.07, 6.45) is 1.08. The van der Waals surface area contributed by atoms with Gasteiger partial charge in [-0.2, -0.15) is 0 Å². The fourth-order valence-corrected chi connectivity index (χ4v) is 4.57. The number of H-pyrrole nitrogens is 1. The number of aromatic nitrogens is 3. The standard InChI is InChI=1S/C21H19N5O5S2/c1-3-26-17-9-6-13(10-15(17)22-19(28)20(26)29)18(27)24-21-23-16(11-32-21)12-4-7-14(8-5-12)25-33(2,30)31/h4-11,25H,3H2,1-2H3,(H,22,28)(H,23,24,27). The first kappa shape index (κ1) is 22.4. The van der Waals surface area contributed by atoms with Gasteiger partial charge >= 0.3 is 11.1 Å². The molecule has 0 radical (unpaired) electrons. The lowest BCUT2D eigenvalue weighted by Crippen LogP contribution is -2.36. The number of nitrogens with one attached hydrogen (secondary N) is 3. The van der Waals surface area contributed by atoms with Gasteiger partial charge in [0.05, 0.1) is 23.0 Å². The van der Waals surface area contributed by atoms with Crippen LogP contribution in [-0.2, 0) is 16.6 Å². The van der Waals surface area contributed by atoms with Crippen LogP contribution in [0.2, 0.25) is 0 Å². The number of fused-ring (bicyclic) bond motifs is 1. The van der Waals surface area contributed by atoms with Gasteiger partial charge in [0.1, 0.15) is 0 Å². The molecular weight excluding hydrogens is 466 g/mol. The number of anilines is 2. The molecule has 2 heterocycles. The van der Waals surface area contributed by atoms with E-state index in [0.717, 1.165) is 11.8 Å². The van der Waals surface area contributed by atoms with Crippen LogP contribution in [0, 0.1) is 0 Å². The summed E-state index contributed by atoms with van der Waals surface area (Å²) in [5.41, 5.74) is 1.64. The predicted molar refractivity (Wildman–Crippen MR) is 128 cm³/mol. The molecule has 0 saturated heterocycles. The van der Waals surface area contributed by atoms with Gasteiger partial charge < -0.3 is 9.55 Å². The van der Waals surface area contributed by atoms with E-state index in [1.165, 1.54) is 22.0 Å². The van der Waals surface area contributed by atoms with Gasteiger partial charge in [-0.3, -0.25) is 24.4 Å². The van der Waals surface area contributed by atoms with E-state index in [2.05, 4.69) is 20.0 Å². The van der Waals surface area contributed by atoms with Crippen LogP contribution < -0.4 is 21.2 Å². The van der Waals surface area contributed by atoms with Crippen LogP contribution in [0.5, 0.6) is 0 Å². The number of nitrogens with zero attached hydrogens (tertiary/aromatic N) is 2. The first-order valence-corrected chi connectivity index (χ1v) is 12.5. The molecule has 0 atom stereocenters. The maximum Gasteiger partial charge on any atom is 0.316 e. The average molecular weight is 486 g/mol. The Morgan fingerprint density at radius 3 is 2.55 bits per heavy atom. The Morgan fingerprint density at radius 1 is 1.15 bits per heavy atom. The molecule has 12 heteroatoms. The molecule has 0 aliphatic heterocycles. The van der Waals surface area contributed by atoms with Crippen molar-refractivity contribution in [1.82, 2.24) is 14.5 Å². The van der Waals surface area contributed by atoms with Crippen LogP contribution in [0.3, 0.4) is 0 Å². The summed E-state index contributed by atoms with van der Waals surface area (Å²) >= 11 is 1.24. The van der Waals surface area contributed by atoms with E-state index < -0.39 is 27.0 Å². The smallest absolute Gasteiger partial charge is 0.316 e. The topological polar surface area (TPSA) is 143 Å². The summed E-state index contributed by atoms with van der Waals surface area (Å²) in [6.45, 7) is 2.09. The van der Waals surface area contributed by atoms with Crippen molar-refractivity contribution in [2.75, 3.05) is 16.3 Å². The Hall–Kier alpha value is -3.77. The number of amides is 1. The third-order valence-electron chi connectivity index (χ3n) is 4.76. The number of sulfonamides is 1. The number of benzene rings is 2. The van der Waals surface area contributed by atoms with Gasteiger partial charge in [-0.15, -0.1) is 11.3 Å². The zero-order chi connectivity index (χ0) is 23.8. The summed E-state index contributed by atoms with van der Waals surface area (Å²) in [5, 5.41) is 4.87. The van der Waals surface area contributed by atoms with Crippen LogP contribution in [0.15, 0.2) is 57.4 Å². The fourth-order valence-electron chi connectivity index (χ4n) is 3.29. The summed E-state index contributed by atoms with van der Waals surface area (Å²) < 4.78 is 26.4. The minimum absolute atomic E-state index is 0.299. The van der Waals surface area contributed by atoms with E-state index in [1.54, 1.807) is 48.7 Å². The highest BCUT2D eigenvalue weighted by atomic mass is 32.2. The van der Waals surface area contributed by atoms with Gasteiger partial charge in [-0.05, 0) is 37.3 Å². The maximum absolute atomic E-state index is 12.7. The van der Waals surface area contributed by atoms with Gasteiger partial charge in [-0.1, -0.05) is 12.1 Å². The van der Waals surface area contributed by atoms with Gasteiger partial charge in [0, 0.05) is 28.7 Å². The van der Waals surface area contributed by atoms with Crippen molar-refractivity contribution < 1.29 is 13.2 Å². The molecule has 170 valence electrons. The lowest BCUT2D eigenvalue weighted by atomic mass is 10.1. The lowest BCUT2D eigenvalue weighted by molar-refractivity contribution is 0.102. The quantitative estimate of drug-likeness (QED) is 0.358. The van der Waals surface area contributed by atoms with Crippen molar-refractivity contribution in [2.45, 2.75) is 13.5 Å². The van der Waals surface area contributed by atoms with Crippen molar-refractivity contribution in [2.24, 2.45) is 0 Å². The Morgan fingerprint density at radius 2 is 1.88 bits per heavy atom. The van der Waals surface area contributed by atoms with Crippen molar-refractivity contribution in [3.63, 3.8) is 0 Å². The normalized spacial score (nSPS) is 11.5. The lowest BCUT2D eigenvalue weighted by Gasteiger charge is -2.08. The van der Waals surface area contributed by atoms with E-state index in [0.29, 0.717) is 39.7 Å². The summed E-state index contributed by atoms with van der Waals surface area (Å²) in [5.74, 6) is -0.416. The highest BCUT2D eigenvalue weighted by molar-refractivity contribution is 7.92. The molecule has 10 nitrogen and oxygen atoms in total. The third kappa shape index (κ3) is 4.86. The molecule has 0 aliphatic rings. The highest BCUT2D eigenvalue weighted by Crippen LogP contribution is 2.26. The number of hydrogen-bond acceptors (Lipinski definition) is 7. The SMILES string of the molecule is CCn1c(=O)c(=O)[nH]c2cc(C(=O)Nc3nc(-c4ccc(NS(C)(=O)=O)cc4)cs3)ccc21. The molecule has 4 aromatic rings. The highest BCUT2D eigenvalue weighted by Gasteiger charge is 2.13. The fraction of sp³-hybridized carbons (Fsp3) is 0.143. The van der Waals surface area contributed by atoms with Crippen molar-refractivity contribution >= 4 is 49.1 Å². The first-order valence-electron chi connectivity index (χ1n) is 9.76. The second-order valence-corrected chi connectivity index (χ2v) is 9.79. The number of aryl methyl sites for hydroxylation is 1. The molecule has 0 fully saturated rings. The number of thiazole rings is 1. The van der Waals surface area contributed by atoms with Crippen LogP contribution in [0.1, 0.15) is 17.3 Å². The van der Waals surface area contributed by atoms with Crippen LogP contribution in [-0.4, -0.2) is 35.1 Å². The number of hydrogen-bond donors (Lipinski definition) is 3. The van der Waals surface area contributed by atoms with E-state index in [-0.39, 0.29) is 0 Å². The largest absolute Gasteiger partial charge is 0.316 e. The minimum Gasteiger partial charge on any atom is -0.316 e. The van der Waals surface area contributed by atoms with Crippen molar-refractivity contribution in [3.05, 3.63) is 74.1 Å². The number of rotatable bonds is 6. The van der Waals surface area contributed by atoms with E-state index in [1.807, 2.05) is 0 Å². The van der Waals surface area contributed by atoms with E-state index in [9.17, 15) is 22.8 Å². The zero-order valence-corrected chi connectivity index (χ0v) is 19.2. The van der Waals surface area contributed by atoms with Gasteiger partial charge in [-0.25, -0.2) is 13.4 Å². The molecule has 0 saturated carbocycles. The van der Waals surface area contributed by atoms with Crippen LogP contribution in [0.25, 0.3) is 22.3 Å². The molecule has 0 unspecified atom stereocenters. The monoisotopic (exact) mass is 485 g/mol. The maximum atomic E-state index is 12.7. The minimum atomic E-state index is -3.36. The summed E-state index contributed by atoms with van der Waals surface area (Å²) in [6, 6.07) is 11.4. The molecule has 1 amide bonds.